The number of sulfonamides is 1. The van der Waals surface area contributed by atoms with Gasteiger partial charge in [0.1, 0.15) is 0 Å². The Kier molecular flexibility index (Phi) is 6.05. The molecule has 1 atom stereocenters. The number of carbonyl (C=O) groups excluding carboxylic acids is 1. The summed E-state index contributed by atoms with van der Waals surface area (Å²) >= 11 is 0. The van der Waals surface area contributed by atoms with Crippen LogP contribution >= 0.6 is 0 Å². The van der Waals surface area contributed by atoms with E-state index in [1.54, 1.807) is 20.8 Å². The number of ether oxygens (including phenoxy) is 1. The lowest BCUT2D eigenvalue weighted by Crippen LogP contribution is -2.46. The minimum Gasteiger partial charge on any atom is -0.481 e. The molecule has 8 nitrogen and oxygen atoms in total. The molecule has 144 valence electrons. The van der Waals surface area contributed by atoms with Crippen molar-refractivity contribution < 1.29 is 27.9 Å². The summed E-state index contributed by atoms with van der Waals surface area (Å²) in [6.45, 7) is 6.06. The van der Waals surface area contributed by atoms with Gasteiger partial charge in [-0.2, -0.15) is 0 Å². The molecule has 1 heterocycles. The standard InChI is InChI=1S/C17H24N2O6S/c1-17(2,3)18-26(23,24)14-6-4-12(5-7-14)16(22)19-8-9-25-13(11-19)10-15(20)21/h4-7,13,18H,8-11H2,1-3H3,(H,20,21). The van der Waals surface area contributed by atoms with Gasteiger partial charge < -0.3 is 14.7 Å². The molecule has 1 aliphatic heterocycles. The first-order valence-electron chi connectivity index (χ1n) is 8.25. The molecule has 1 amide bonds. The number of rotatable bonds is 5. The highest BCUT2D eigenvalue weighted by Gasteiger charge is 2.27. The third-order valence-electron chi connectivity index (χ3n) is 3.68. The summed E-state index contributed by atoms with van der Waals surface area (Å²) in [4.78, 5) is 25.0. The number of amides is 1. The fourth-order valence-electron chi connectivity index (χ4n) is 2.64. The lowest BCUT2D eigenvalue weighted by atomic mass is 10.1. The van der Waals surface area contributed by atoms with E-state index in [0.717, 1.165) is 0 Å². The van der Waals surface area contributed by atoms with Gasteiger partial charge in [-0.3, -0.25) is 9.59 Å². The van der Waals surface area contributed by atoms with E-state index in [0.29, 0.717) is 12.1 Å². The molecule has 0 aliphatic carbocycles. The van der Waals surface area contributed by atoms with Crippen LogP contribution in [0.15, 0.2) is 29.2 Å². The lowest BCUT2D eigenvalue weighted by Gasteiger charge is -2.32. The Morgan fingerprint density at radius 2 is 1.88 bits per heavy atom. The van der Waals surface area contributed by atoms with Crippen LogP contribution in [-0.2, 0) is 19.6 Å². The molecule has 0 radical (unpaired) electrons. The Morgan fingerprint density at radius 1 is 1.27 bits per heavy atom. The molecule has 1 aromatic carbocycles. The second-order valence-electron chi connectivity index (χ2n) is 7.22. The average molecular weight is 384 g/mol. The van der Waals surface area contributed by atoms with Crippen LogP contribution in [0.5, 0.6) is 0 Å². The molecule has 1 fully saturated rings. The fraction of sp³-hybridized carbons (Fsp3) is 0.529. The van der Waals surface area contributed by atoms with Crippen LogP contribution < -0.4 is 4.72 Å². The van der Waals surface area contributed by atoms with Crippen LogP contribution in [0.25, 0.3) is 0 Å². The van der Waals surface area contributed by atoms with Crippen LogP contribution in [-0.4, -0.2) is 61.6 Å². The second-order valence-corrected chi connectivity index (χ2v) is 8.90. The molecule has 1 unspecified atom stereocenters. The van der Waals surface area contributed by atoms with Gasteiger partial charge in [-0.05, 0) is 45.0 Å². The number of aliphatic carboxylic acids is 1. The molecule has 0 bridgehead atoms. The van der Waals surface area contributed by atoms with Crippen LogP contribution in [0.2, 0.25) is 0 Å². The summed E-state index contributed by atoms with van der Waals surface area (Å²) in [6.07, 6.45) is -0.708. The first-order chi connectivity index (χ1) is 12.0. The molecule has 2 rings (SSSR count). The van der Waals surface area contributed by atoms with E-state index in [-0.39, 0.29) is 30.4 Å². The van der Waals surface area contributed by atoms with E-state index in [9.17, 15) is 18.0 Å². The number of carboxylic acid groups (broad SMARTS) is 1. The van der Waals surface area contributed by atoms with Gasteiger partial charge in [0.25, 0.3) is 5.91 Å². The molecular weight excluding hydrogens is 360 g/mol. The van der Waals surface area contributed by atoms with E-state index < -0.39 is 27.6 Å². The van der Waals surface area contributed by atoms with Crippen LogP contribution in [0.3, 0.4) is 0 Å². The number of hydrogen-bond donors (Lipinski definition) is 2. The zero-order valence-corrected chi connectivity index (χ0v) is 15.9. The monoisotopic (exact) mass is 384 g/mol. The van der Waals surface area contributed by atoms with Crippen molar-refractivity contribution in [1.82, 2.24) is 9.62 Å². The average Bonchev–Trinajstić information content (AvgIpc) is 2.52. The fourth-order valence-corrected chi connectivity index (χ4v) is 4.06. The summed E-state index contributed by atoms with van der Waals surface area (Å²) in [5.41, 5.74) is -0.268. The van der Waals surface area contributed by atoms with Crippen molar-refractivity contribution >= 4 is 21.9 Å². The van der Waals surface area contributed by atoms with Gasteiger partial charge >= 0.3 is 5.97 Å². The van der Waals surface area contributed by atoms with E-state index in [4.69, 9.17) is 9.84 Å². The van der Waals surface area contributed by atoms with Crippen molar-refractivity contribution in [3.8, 4) is 0 Å². The Morgan fingerprint density at radius 3 is 2.42 bits per heavy atom. The number of carboxylic acids is 1. The molecule has 2 N–H and O–H groups in total. The summed E-state index contributed by atoms with van der Waals surface area (Å²) < 4.78 is 32.5. The minimum atomic E-state index is -3.67. The topological polar surface area (TPSA) is 113 Å². The number of nitrogens with one attached hydrogen (secondary N) is 1. The zero-order valence-electron chi connectivity index (χ0n) is 15.1. The van der Waals surface area contributed by atoms with Crippen LogP contribution in [0.1, 0.15) is 37.6 Å². The highest BCUT2D eigenvalue weighted by Crippen LogP contribution is 2.17. The largest absolute Gasteiger partial charge is 0.481 e. The Bertz CT molecular complexity index is 767. The lowest BCUT2D eigenvalue weighted by molar-refractivity contribution is -0.141. The molecule has 0 aromatic heterocycles. The Hall–Kier alpha value is -1.97. The molecule has 0 spiro atoms. The molecule has 9 heteroatoms. The maximum atomic E-state index is 12.6. The molecule has 1 aromatic rings. The van der Waals surface area contributed by atoms with Crippen molar-refractivity contribution in [2.24, 2.45) is 0 Å². The van der Waals surface area contributed by atoms with Crippen molar-refractivity contribution in [2.75, 3.05) is 19.7 Å². The van der Waals surface area contributed by atoms with Crippen molar-refractivity contribution in [3.63, 3.8) is 0 Å². The molecular formula is C17H24N2O6S. The summed E-state index contributed by atoms with van der Waals surface area (Å²) in [5.74, 6) is -1.26. The van der Waals surface area contributed by atoms with Crippen LogP contribution in [0.4, 0.5) is 0 Å². The highest BCUT2D eigenvalue weighted by molar-refractivity contribution is 7.89. The van der Waals surface area contributed by atoms with Crippen molar-refractivity contribution in [3.05, 3.63) is 29.8 Å². The highest BCUT2D eigenvalue weighted by atomic mass is 32.2. The second kappa shape index (κ2) is 7.73. The maximum absolute atomic E-state index is 12.6. The van der Waals surface area contributed by atoms with E-state index in [1.807, 2.05) is 0 Å². The third-order valence-corrected chi connectivity index (χ3v) is 5.45. The molecule has 0 saturated carbocycles. The molecule has 1 aliphatic rings. The smallest absolute Gasteiger partial charge is 0.306 e. The zero-order chi connectivity index (χ0) is 19.5. The van der Waals surface area contributed by atoms with Gasteiger partial charge in [0, 0.05) is 24.2 Å². The maximum Gasteiger partial charge on any atom is 0.306 e. The number of hydrogen-bond acceptors (Lipinski definition) is 5. The molecule has 1 saturated heterocycles. The number of morpholine rings is 1. The summed E-state index contributed by atoms with van der Waals surface area (Å²) in [5, 5.41) is 8.85. The SMILES string of the molecule is CC(C)(C)NS(=O)(=O)c1ccc(C(=O)N2CCOC(CC(=O)O)C2)cc1. The normalized spacial score (nSPS) is 18.6. The van der Waals surface area contributed by atoms with E-state index >= 15 is 0 Å². The van der Waals surface area contributed by atoms with Gasteiger partial charge in [0.05, 0.1) is 24.0 Å². The Balaban J connectivity index is 2.10. The van der Waals surface area contributed by atoms with Gasteiger partial charge in [-0.15, -0.1) is 0 Å². The Labute approximate surface area is 153 Å². The summed E-state index contributed by atoms with van der Waals surface area (Å²) in [7, 11) is -3.67. The van der Waals surface area contributed by atoms with E-state index in [2.05, 4.69) is 4.72 Å². The quantitative estimate of drug-likeness (QED) is 0.785. The first-order valence-corrected chi connectivity index (χ1v) is 9.73. The number of nitrogens with zero attached hydrogens (tertiary/aromatic N) is 1. The van der Waals surface area contributed by atoms with Crippen molar-refractivity contribution in [2.45, 2.75) is 43.7 Å². The summed E-state index contributed by atoms with van der Waals surface area (Å²) in [6, 6.07) is 5.69. The van der Waals surface area contributed by atoms with E-state index in [1.165, 1.54) is 29.2 Å². The minimum absolute atomic E-state index is 0.0784. The van der Waals surface area contributed by atoms with Gasteiger partial charge in [0.15, 0.2) is 0 Å². The van der Waals surface area contributed by atoms with Crippen LogP contribution in [0, 0.1) is 0 Å². The third kappa shape index (κ3) is 5.52. The number of benzene rings is 1. The predicted molar refractivity (Wildman–Crippen MR) is 94.4 cm³/mol. The van der Waals surface area contributed by atoms with Crippen molar-refractivity contribution in [1.29, 1.82) is 0 Å². The predicted octanol–water partition coefficient (Wildman–Crippen LogP) is 1.08. The van der Waals surface area contributed by atoms with Gasteiger partial charge in [-0.25, -0.2) is 13.1 Å². The van der Waals surface area contributed by atoms with Gasteiger partial charge in [-0.1, -0.05) is 0 Å². The number of carbonyl (C=O) groups is 2. The first kappa shape index (κ1) is 20.3. The molecule has 26 heavy (non-hydrogen) atoms. The van der Waals surface area contributed by atoms with Gasteiger partial charge in [0.2, 0.25) is 10.0 Å².